The van der Waals surface area contributed by atoms with Crippen molar-refractivity contribution in [2.24, 2.45) is 0 Å². The summed E-state index contributed by atoms with van der Waals surface area (Å²) in [6.07, 6.45) is 0.528. The van der Waals surface area contributed by atoms with Gasteiger partial charge in [-0.25, -0.2) is 0 Å². The lowest BCUT2D eigenvalue weighted by Gasteiger charge is -2.36. The van der Waals surface area contributed by atoms with Crippen LogP contribution in [0.2, 0.25) is 10.0 Å². The predicted molar refractivity (Wildman–Crippen MR) is 117 cm³/mol. The zero-order valence-corrected chi connectivity index (χ0v) is 19.0. The van der Waals surface area contributed by atoms with Crippen molar-refractivity contribution in [1.82, 2.24) is 4.90 Å². The van der Waals surface area contributed by atoms with E-state index in [1.807, 2.05) is 0 Å². The molecule has 3 rings (SSSR count). The van der Waals surface area contributed by atoms with Crippen LogP contribution in [0.15, 0.2) is 42.5 Å². The Morgan fingerprint density at radius 2 is 1.93 bits per heavy atom. The first-order valence-electron chi connectivity index (χ1n) is 9.48. The summed E-state index contributed by atoms with van der Waals surface area (Å²) in [5.74, 6) is 0.177. The Bertz CT molecular complexity index is 1060. The zero-order chi connectivity index (χ0) is 22.1. The molecule has 6 nitrogen and oxygen atoms in total. The summed E-state index contributed by atoms with van der Waals surface area (Å²) in [6, 6.07) is 11.8. The van der Waals surface area contributed by atoms with Crippen LogP contribution in [0.3, 0.4) is 0 Å². The summed E-state index contributed by atoms with van der Waals surface area (Å²) in [4.78, 5) is 14.8. The smallest absolute Gasteiger partial charge is 0.268 e. The van der Waals surface area contributed by atoms with Gasteiger partial charge in [0.2, 0.25) is 0 Å². The van der Waals surface area contributed by atoms with E-state index in [0.29, 0.717) is 34.9 Å². The number of benzene rings is 2. The van der Waals surface area contributed by atoms with E-state index in [1.54, 1.807) is 54.3 Å². The average molecular weight is 472 g/mol. The lowest BCUT2D eigenvalue weighted by atomic mass is 9.75. The molecule has 1 fully saturated rings. The van der Waals surface area contributed by atoms with Crippen LogP contribution in [0.1, 0.15) is 35.7 Å². The highest BCUT2D eigenvalue weighted by molar-refractivity contribution is 7.86. The van der Waals surface area contributed by atoms with E-state index < -0.39 is 20.8 Å². The summed E-state index contributed by atoms with van der Waals surface area (Å²) in [7, 11) is -2.91. The molecule has 9 heteroatoms. The van der Waals surface area contributed by atoms with E-state index in [-0.39, 0.29) is 23.9 Å². The minimum Gasteiger partial charge on any atom is -0.496 e. The van der Waals surface area contributed by atoms with Gasteiger partial charge >= 0.3 is 0 Å². The Kier molecular flexibility index (Phi) is 6.67. The lowest BCUT2D eigenvalue weighted by Crippen LogP contribution is -2.47. The minimum absolute atomic E-state index is 0.111. The number of nitrogens with zero attached hydrogens (tertiary/aromatic N) is 1. The Balaban J connectivity index is 2.07. The van der Waals surface area contributed by atoms with E-state index in [2.05, 4.69) is 0 Å². The van der Waals surface area contributed by atoms with Crippen molar-refractivity contribution in [3.63, 3.8) is 0 Å². The molecule has 1 aliphatic rings. The number of likely N-dealkylation sites (tertiary alicyclic amines) is 1. The summed E-state index contributed by atoms with van der Waals surface area (Å²) in [5.41, 5.74) is -0.00429. The molecule has 162 valence electrons. The number of ether oxygens (including phenoxy) is 1. The third kappa shape index (κ3) is 4.17. The molecule has 2 aromatic carbocycles. The van der Waals surface area contributed by atoms with Gasteiger partial charge in [0, 0.05) is 18.5 Å². The Morgan fingerprint density at radius 3 is 2.53 bits per heavy atom. The van der Waals surface area contributed by atoms with Crippen molar-refractivity contribution in [1.29, 1.82) is 0 Å². The van der Waals surface area contributed by atoms with Gasteiger partial charge in [-0.1, -0.05) is 48.3 Å². The van der Waals surface area contributed by atoms with Crippen LogP contribution in [0, 0.1) is 0 Å². The van der Waals surface area contributed by atoms with Gasteiger partial charge < -0.3 is 9.64 Å². The van der Waals surface area contributed by atoms with Crippen molar-refractivity contribution >= 4 is 39.2 Å². The lowest BCUT2D eigenvalue weighted by molar-refractivity contribution is 0.0778. The second kappa shape index (κ2) is 8.75. The standard InChI is InChI=1S/C21H23Cl2NO5S/c1-3-19(30(26,27)28)21(14-8-9-16(22)17(23)12-14)10-11-24(13-21)20(25)15-6-4-5-7-18(15)29-2/h4-9,12,19H,3,10-11,13H2,1-2H3,(H,26,27,28). The highest BCUT2D eigenvalue weighted by atomic mass is 35.5. The van der Waals surface area contributed by atoms with Crippen molar-refractivity contribution < 1.29 is 22.5 Å². The van der Waals surface area contributed by atoms with Crippen LogP contribution < -0.4 is 4.74 Å². The van der Waals surface area contributed by atoms with Gasteiger partial charge in [-0.3, -0.25) is 9.35 Å². The number of hydrogen-bond acceptors (Lipinski definition) is 4. The number of hydrogen-bond donors (Lipinski definition) is 1. The number of carbonyl (C=O) groups excluding carboxylic acids is 1. The van der Waals surface area contributed by atoms with Crippen molar-refractivity contribution in [2.45, 2.75) is 30.4 Å². The number of para-hydroxylation sites is 1. The first-order chi connectivity index (χ1) is 14.1. The molecule has 0 radical (unpaired) electrons. The van der Waals surface area contributed by atoms with Gasteiger partial charge in [0.05, 0.1) is 28.0 Å². The quantitative estimate of drug-likeness (QED) is 0.628. The van der Waals surface area contributed by atoms with Crippen molar-refractivity contribution in [2.75, 3.05) is 20.2 Å². The summed E-state index contributed by atoms with van der Waals surface area (Å²) >= 11 is 12.3. The normalized spacial score (nSPS) is 20.2. The predicted octanol–water partition coefficient (Wildman–Crippen LogP) is 4.45. The molecule has 30 heavy (non-hydrogen) atoms. The fraction of sp³-hybridized carbons (Fsp3) is 0.381. The zero-order valence-electron chi connectivity index (χ0n) is 16.6. The van der Waals surface area contributed by atoms with Crippen LogP contribution >= 0.6 is 23.2 Å². The van der Waals surface area contributed by atoms with Crippen molar-refractivity contribution in [3.8, 4) is 5.75 Å². The monoisotopic (exact) mass is 471 g/mol. The van der Waals surface area contributed by atoms with Gasteiger partial charge in [0.25, 0.3) is 16.0 Å². The molecule has 1 amide bonds. The third-order valence-electron chi connectivity index (χ3n) is 5.77. The maximum Gasteiger partial charge on any atom is 0.268 e. The molecule has 0 bridgehead atoms. The van der Waals surface area contributed by atoms with Gasteiger partial charge in [-0.15, -0.1) is 0 Å². The average Bonchev–Trinajstić information content (AvgIpc) is 3.14. The molecule has 1 heterocycles. The fourth-order valence-electron chi connectivity index (χ4n) is 4.37. The van der Waals surface area contributed by atoms with E-state index in [0.717, 1.165) is 0 Å². The molecule has 0 aromatic heterocycles. The molecule has 0 spiro atoms. The van der Waals surface area contributed by atoms with Gasteiger partial charge in [-0.2, -0.15) is 8.42 Å². The Morgan fingerprint density at radius 1 is 1.23 bits per heavy atom. The Labute approximate surface area is 186 Å². The molecule has 0 aliphatic carbocycles. The molecule has 1 N–H and O–H groups in total. The van der Waals surface area contributed by atoms with Crippen LogP contribution in [0.5, 0.6) is 5.75 Å². The van der Waals surface area contributed by atoms with Crippen LogP contribution in [-0.4, -0.2) is 49.2 Å². The number of halogens is 2. The van der Waals surface area contributed by atoms with Gasteiger partial charge in [-0.05, 0) is 42.7 Å². The summed E-state index contributed by atoms with van der Waals surface area (Å²) < 4.78 is 39.9. The number of methoxy groups -OCH3 is 1. The van der Waals surface area contributed by atoms with E-state index in [9.17, 15) is 17.8 Å². The van der Waals surface area contributed by atoms with Crippen LogP contribution in [-0.2, 0) is 15.5 Å². The molecule has 1 aliphatic heterocycles. The highest BCUT2D eigenvalue weighted by Crippen LogP contribution is 2.44. The Hall–Kier alpha value is -1.80. The molecule has 2 atom stereocenters. The first-order valence-corrected chi connectivity index (χ1v) is 11.7. The number of carbonyl (C=O) groups is 1. The SMILES string of the molecule is CCC(C1(c2ccc(Cl)c(Cl)c2)CCN(C(=O)c2ccccc2OC)C1)S(=O)(=O)O. The molecular formula is C21H23Cl2NO5S. The summed E-state index contributed by atoms with van der Waals surface area (Å²) in [5, 5.41) is -0.471. The van der Waals surface area contributed by atoms with Gasteiger partial charge in [0.1, 0.15) is 5.75 Å². The number of rotatable bonds is 6. The molecular weight excluding hydrogens is 449 g/mol. The van der Waals surface area contributed by atoms with E-state index in [1.165, 1.54) is 7.11 Å². The minimum atomic E-state index is -4.39. The number of amides is 1. The molecule has 2 aromatic rings. The van der Waals surface area contributed by atoms with Gasteiger partial charge in [0.15, 0.2) is 0 Å². The first kappa shape index (κ1) is 22.9. The van der Waals surface area contributed by atoms with Crippen molar-refractivity contribution in [3.05, 3.63) is 63.6 Å². The third-order valence-corrected chi connectivity index (χ3v) is 8.01. The van der Waals surface area contributed by atoms with Crippen LogP contribution in [0.4, 0.5) is 0 Å². The fourth-order valence-corrected chi connectivity index (χ4v) is 5.99. The summed E-state index contributed by atoms with van der Waals surface area (Å²) in [6.45, 7) is 2.13. The second-order valence-corrected chi connectivity index (χ2v) is 9.79. The maximum absolute atomic E-state index is 13.2. The van der Waals surface area contributed by atoms with E-state index >= 15 is 0 Å². The largest absolute Gasteiger partial charge is 0.496 e. The second-order valence-electron chi connectivity index (χ2n) is 7.37. The molecule has 2 unspecified atom stereocenters. The molecule has 0 saturated carbocycles. The molecule has 1 saturated heterocycles. The van der Waals surface area contributed by atoms with E-state index in [4.69, 9.17) is 27.9 Å². The topological polar surface area (TPSA) is 83.9 Å². The van der Waals surface area contributed by atoms with Crippen LogP contribution in [0.25, 0.3) is 0 Å². The highest BCUT2D eigenvalue weighted by Gasteiger charge is 2.51. The maximum atomic E-state index is 13.2.